The van der Waals surface area contributed by atoms with Crippen LogP contribution in [0.3, 0.4) is 0 Å². The zero-order valence-corrected chi connectivity index (χ0v) is 13.7. The molecule has 132 valence electrons. The molecule has 1 fully saturated rings. The van der Waals surface area contributed by atoms with Gasteiger partial charge in [-0.2, -0.15) is 0 Å². The molecule has 2 aromatic carbocycles. The Labute approximate surface area is 148 Å². The van der Waals surface area contributed by atoms with Crippen molar-refractivity contribution >= 4 is 35.4 Å². The van der Waals surface area contributed by atoms with Crippen LogP contribution in [0, 0.1) is 11.7 Å². The number of amides is 4. The first-order valence-corrected chi connectivity index (χ1v) is 7.63. The number of halogens is 1. The van der Waals surface area contributed by atoms with Crippen molar-refractivity contribution in [3.63, 3.8) is 0 Å². The monoisotopic (exact) mass is 355 g/mol. The molecule has 1 heterocycles. The molecule has 0 unspecified atom stereocenters. The predicted octanol–water partition coefficient (Wildman–Crippen LogP) is 2.44. The quantitative estimate of drug-likeness (QED) is 0.674. The lowest BCUT2D eigenvalue weighted by Crippen LogP contribution is -2.58. The van der Waals surface area contributed by atoms with Crippen molar-refractivity contribution in [2.75, 3.05) is 12.0 Å². The molecule has 26 heavy (non-hydrogen) atoms. The van der Waals surface area contributed by atoms with Gasteiger partial charge in [0.25, 0.3) is 5.91 Å². The second-order valence-corrected chi connectivity index (χ2v) is 5.35. The molecule has 3 rings (SSSR count). The Morgan fingerprint density at radius 3 is 2.54 bits per heavy atom. The van der Waals surface area contributed by atoms with E-state index in [2.05, 4.69) is 10.3 Å². The largest absolute Gasteiger partial charge is 0.495 e. The number of methoxy groups -OCH3 is 1. The Morgan fingerprint density at radius 1 is 1.12 bits per heavy atom. The molecule has 0 aliphatic carbocycles. The summed E-state index contributed by atoms with van der Waals surface area (Å²) >= 11 is 0. The topological polar surface area (TPSA) is 88.1 Å². The molecule has 0 radical (unpaired) electrons. The first-order valence-electron chi connectivity index (χ1n) is 7.63. The molecular formula is C18H14FN3O4. The Kier molecular flexibility index (Phi) is 4.74. The molecule has 0 saturated carbocycles. The minimum absolute atomic E-state index is 0.0196. The molecule has 1 aliphatic heterocycles. The second kappa shape index (κ2) is 7.14. The van der Waals surface area contributed by atoms with Gasteiger partial charge in [0.2, 0.25) is 5.91 Å². The average molecular weight is 355 g/mol. The lowest BCUT2D eigenvalue weighted by atomic mass is 10.1. The third-order valence-electron chi connectivity index (χ3n) is 3.74. The van der Waals surface area contributed by atoms with Gasteiger partial charge in [0.1, 0.15) is 11.6 Å². The van der Waals surface area contributed by atoms with Gasteiger partial charge in [-0.15, -0.1) is 0 Å². The van der Waals surface area contributed by atoms with Crippen LogP contribution in [0.4, 0.5) is 20.6 Å². The maximum atomic E-state index is 13.7. The van der Waals surface area contributed by atoms with Crippen LogP contribution in [0.15, 0.2) is 53.5 Å². The van der Waals surface area contributed by atoms with Crippen molar-refractivity contribution < 1.29 is 23.5 Å². The number of para-hydroxylation sites is 3. The number of nitrogens with one attached hydrogen (secondary N) is 1. The van der Waals surface area contributed by atoms with Crippen molar-refractivity contribution in [2.45, 2.75) is 0 Å². The first kappa shape index (κ1) is 17.3. The summed E-state index contributed by atoms with van der Waals surface area (Å²) in [7, 11) is 1.40. The smallest absolute Gasteiger partial charge is 0.335 e. The highest BCUT2D eigenvalue weighted by Crippen LogP contribution is 2.30. The summed E-state index contributed by atoms with van der Waals surface area (Å²) in [5.74, 6) is -3.31. The van der Waals surface area contributed by atoms with Crippen molar-refractivity contribution in [1.29, 1.82) is 0 Å². The third-order valence-corrected chi connectivity index (χ3v) is 3.74. The standard InChI is InChI=1S/C18H14FN3O4/c1-26-15-9-5-4-8-14(15)22-17(24)11(16(23)21-18(22)25)10-20-13-7-3-2-6-12(13)19/h2-11H,1H3,(H,21,23,25)/t11-/m0/s1. The van der Waals surface area contributed by atoms with Crippen LogP contribution in [0.5, 0.6) is 5.75 Å². The van der Waals surface area contributed by atoms with Gasteiger partial charge in [0, 0.05) is 6.21 Å². The lowest BCUT2D eigenvalue weighted by molar-refractivity contribution is -0.131. The zero-order chi connectivity index (χ0) is 18.7. The number of urea groups is 1. The third kappa shape index (κ3) is 3.16. The fraction of sp³-hybridized carbons (Fsp3) is 0.111. The van der Waals surface area contributed by atoms with E-state index in [9.17, 15) is 18.8 Å². The van der Waals surface area contributed by atoms with E-state index in [1.807, 2.05) is 0 Å². The minimum Gasteiger partial charge on any atom is -0.495 e. The number of carbonyl (C=O) groups excluding carboxylic acids is 3. The van der Waals surface area contributed by atoms with Gasteiger partial charge < -0.3 is 4.74 Å². The van der Waals surface area contributed by atoms with Gasteiger partial charge >= 0.3 is 6.03 Å². The summed E-state index contributed by atoms with van der Waals surface area (Å²) in [5.41, 5.74) is 0.170. The highest BCUT2D eigenvalue weighted by Gasteiger charge is 2.41. The Morgan fingerprint density at radius 2 is 1.81 bits per heavy atom. The number of benzene rings is 2. The van der Waals surface area contributed by atoms with Crippen molar-refractivity contribution in [2.24, 2.45) is 10.9 Å². The average Bonchev–Trinajstić information content (AvgIpc) is 2.63. The summed E-state index contributed by atoms with van der Waals surface area (Å²) in [6.07, 6.45) is 1.02. The van der Waals surface area contributed by atoms with E-state index in [1.54, 1.807) is 24.3 Å². The van der Waals surface area contributed by atoms with Crippen molar-refractivity contribution in [3.05, 3.63) is 54.3 Å². The van der Waals surface area contributed by atoms with Gasteiger partial charge in [-0.05, 0) is 24.3 Å². The SMILES string of the molecule is COc1ccccc1N1C(=O)NC(=O)[C@H](C=Nc2ccccc2F)C1=O. The van der Waals surface area contributed by atoms with Crippen LogP contribution in [-0.4, -0.2) is 31.2 Å². The number of hydrogen-bond donors (Lipinski definition) is 1. The maximum absolute atomic E-state index is 13.7. The summed E-state index contributed by atoms with van der Waals surface area (Å²) in [6.45, 7) is 0. The number of nitrogens with zero attached hydrogens (tertiary/aromatic N) is 2. The molecule has 0 bridgehead atoms. The van der Waals surface area contributed by atoms with Crippen molar-refractivity contribution in [1.82, 2.24) is 5.32 Å². The number of ether oxygens (including phenoxy) is 1. The molecule has 0 spiro atoms. The molecule has 1 atom stereocenters. The number of carbonyl (C=O) groups is 3. The highest BCUT2D eigenvalue weighted by molar-refractivity contribution is 6.33. The molecule has 2 aromatic rings. The normalized spacial score (nSPS) is 17.5. The van der Waals surface area contributed by atoms with Crippen LogP contribution >= 0.6 is 0 Å². The Balaban J connectivity index is 1.95. The van der Waals surface area contributed by atoms with E-state index in [0.717, 1.165) is 11.1 Å². The second-order valence-electron chi connectivity index (χ2n) is 5.35. The van der Waals surface area contributed by atoms with Crippen molar-refractivity contribution in [3.8, 4) is 5.75 Å². The van der Waals surface area contributed by atoms with Crippen LogP contribution in [-0.2, 0) is 9.59 Å². The van der Waals surface area contributed by atoms with Gasteiger partial charge in [-0.3, -0.25) is 19.9 Å². The van der Waals surface area contributed by atoms with E-state index in [0.29, 0.717) is 0 Å². The molecule has 4 amide bonds. The lowest BCUT2D eigenvalue weighted by Gasteiger charge is -2.29. The van der Waals surface area contributed by atoms with Gasteiger partial charge in [-0.25, -0.2) is 14.1 Å². The first-order chi connectivity index (χ1) is 12.5. The van der Waals surface area contributed by atoms with E-state index in [-0.39, 0.29) is 17.1 Å². The molecule has 1 saturated heterocycles. The van der Waals surface area contributed by atoms with Crippen LogP contribution in [0.1, 0.15) is 0 Å². The van der Waals surface area contributed by atoms with Crippen LogP contribution in [0.25, 0.3) is 0 Å². The number of aliphatic imine (C=N–C) groups is 1. The van der Waals surface area contributed by atoms with Crippen LogP contribution in [0.2, 0.25) is 0 Å². The van der Waals surface area contributed by atoms with E-state index in [1.165, 1.54) is 31.4 Å². The number of imide groups is 2. The molecule has 7 nitrogen and oxygen atoms in total. The number of barbiturate groups is 1. The minimum atomic E-state index is -1.38. The van der Waals surface area contributed by atoms with Crippen LogP contribution < -0.4 is 15.0 Å². The maximum Gasteiger partial charge on any atom is 0.335 e. The van der Waals surface area contributed by atoms with Gasteiger partial charge in [0.05, 0.1) is 18.5 Å². The summed E-state index contributed by atoms with van der Waals surface area (Å²) in [5, 5.41) is 2.10. The summed E-state index contributed by atoms with van der Waals surface area (Å²) < 4.78 is 18.8. The number of rotatable bonds is 4. The van der Waals surface area contributed by atoms with E-state index in [4.69, 9.17) is 4.74 Å². The Hall–Kier alpha value is -3.55. The number of anilines is 1. The van der Waals surface area contributed by atoms with Gasteiger partial charge in [0.15, 0.2) is 5.92 Å². The summed E-state index contributed by atoms with van der Waals surface area (Å²) in [6, 6.07) is 11.2. The molecule has 1 N–H and O–H groups in total. The molecule has 0 aromatic heterocycles. The molecule has 8 heteroatoms. The van der Waals surface area contributed by atoms with E-state index >= 15 is 0 Å². The number of hydrogen-bond acceptors (Lipinski definition) is 5. The van der Waals surface area contributed by atoms with E-state index < -0.39 is 29.6 Å². The Bertz CT molecular complexity index is 913. The highest BCUT2D eigenvalue weighted by atomic mass is 19.1. The fourth-order valence-corrected chi connectivity index (χ4v) is 2.48. The summed E-state index contributed by atoms with van der Waals surface area (Å²) in [4.78, 5) is 41.6. The molecular weight excluding hydrogens is 341 g/mol. The zero-order valence-electron chi connectivity index (χ0n) is 13.7. The predicted molar refractivity (Wildman–Crippen MR) is 92.1 cm³/mol. The molecule has 1 aliphatic rings. The fourth-order valence-electron chi connectivity index (χ4n) is 2.48. The van der Waals surface area contributed by atoms with Gasteiger partial charge in [-0.1, -0.05) is 24.3 Å².